The fourth-order valence-electron chi connectivity index (χ4n) is 2.47. The molecule has 1 saturated heterocycles. The van der Waals surface area contributed by atoms with E-state index in [2.05, 4.69) is 15.0 Å². The molecule has 0 saturated carbocycles. The molecule has 1 fully saturated rings. The van der Waals surface area contributed by atoms with Crippen molar-refractivity contribution in [3.63, 3.8) is 0 Å². The molecule has 0 radical (unpaired) electrons. The number of pyridine rings is 1. The van der Waals surface area contributed by atoms with Gasteiger partial charge in [-0.1, -0.05) is 6.07 Å². The van der Waals surface area contributed by atoms with Gasteiger partial charge in [-0.2, -0.15) is 17.0 Å². The Kier molecular flexibility index (Phi) is 4.86. The molecule has 0 bridgehead atoms. The van der Waals surface area contributed by atoms with E-state index < -0.39 is 16.3 Å². The van der Waals surface area contributed by atoms with E-state index in [-0.39, 0.29) is 6.54 Å². The summed E-state index contributed by atoms with van der Waals surface area (Å²) >= 11 is 0. The Bertz CT molecular complexity index is 798. The molecule has 2 aromatic rings. The van der Waals surface area contributed by atoms with Crippen LogP contribution >= 0.6 is 0 Å². The number of ether oxygens (including phenoxy) is 1. The van der Waals surface area contributed by atoms with Gasteiger partial charge < -0.3 is 4.74 Å². The highest BCUT2D eigenvalue weighted by Crippen LogP contribution is 2.25. The van der Waals surface area contributed by atoms with Gasteiger partial charge in [0.1, 0.15) is 12.4 Å². The lowest BCUT2D eigenvalue weighted by Crippen LogP contribution is -2.47. The number of nitrogens with zero attached hydrogens (tertiary/aromatic N) is 5. The normalized spacial score (nSPS) is 19.5. The van der Waals surface area contributed by atoms with Gasteiger partial charge in [-0.05, 0) is 12.1 Å². The van der Waals surface area contributed by atoms with Gasteiger partial charge in [0.05, 0.1) is 18.0 Å². The molecule has 8 nitrogen and oxygen atoms in total. The number of morpholine rings is 1. The minimum Gasteiger partial charge on any atom is -0.369 e. The van der Waals surface area contributed by atoms with Gasteiger partial charge in [-0.3, -0.25) is 0 Å². The van der Waals surface area contributed by atoms with Gasteiger partial charge in [0.2, 0.25) is 0 Å². The minimum atomic E-state index is -3.46. The summed E-state index contributed by atoms with van der Waals surface area (Å²) in [4.78, 5) is 12.6. The largest absolute Gasteiger partial charge is 0.369 e. The van der Waals surface area contributed by atoms with Crippen LogP contribution in [0.4, 0.5) is 0 Å². The molecule has 0 aromatic carbocycles. The Balaban J connectivity index is 1.84. The van der Waals surface area contributed by atoms with Crippen LogP contribution in [0, 0.1) is 0 Å². The SMILES string of the molecule is CN(C)S(=O)(=O)N1CCOC(c2cccc(-c3cncnc3)n2)C1. The first-order chi connectivity index (χ1) is 11.5. The zero-order valence-corrected chi connectivity index (χ0v) is 14.3. The molecule has 0 N–H and O–H groups in total. The summed E-state index contributed by atoms with van der Waals surface area (Å²) in [5.41, 5.74) is 2.22. The van der Waals surface area contributed by atoms with Crippen LogP contribution in [0.25, 0.3) is 11.3 Å². The molecule has 24 heavy (non-hydrogen) atoms. The average molecular weight is 349 g/mol. The fraction of sp³-hybridized carbons (Fsp3) is 0.400. The van der Waals surface area contributed by atoms with E-state index in [9.17, 15) is 8.42 Å². The van der Waals surface area contributed by atoms with E-state index in [1.807, 2.05) is 18.2 Å². The Labute approximate surface area is 141 Å². The third kappa shape index (κ3) is 3.44. The number of rotatable bonds is 4. The summed E-state index contributed by atoms with van der Waals surface area (Å²) in [5.74, 6) is 0. The maximum Gasteiger partial charge on any atom is 0.281 e. The Hall–Kier alpha value is -1.94. The summed E-state index contributed by atoms with van der Waals surface area (Å²) in [6.07, 6.45) is 4.42. The van der Waals surface area contributed by atoms with Crippen molar-refractivity contribution >= 4 is 10.2 Å². The van der Waals surface area contributed by atoms with Crippen LogP contribution in [0.15, 0.2) is 36.9 Å². The third-order valence-electron chi connectivity index (χ3n) is 3.77. The van der Waals surface area contributed by atoms with Crippen molar-refractivity contribution in [1.29, 1.82) is 0 Å². The number of hydrogen-bond donors (Lipinski definition) is 0. The van der Waals surface area contributed by atoms with Crippen LogP contribution in [0.1, 0.15) is 11.8 Å². The van der Waals surface area contributed by atoms with Gasteiger partial charge in [-0.15, -0.1) is 0 Å². The summed E-state index contributed by atoms with van der Waals surface area (Å²) in [5, 5.41) is 0. The second-order valence-electron chi connectivity index (χ2n) is 5.58. The van der Waals surface area contributed by atoms with Gasteiger partial charge in [-0.25, -0.2) is 15.0 Å². The Morgan fingerprint density at radius 3 is 2.71 bits per heavy atom. The quantitative estimate of drug-likeness (QED) is 0.808. The van der Waals surface area contributed by atoms with Crippen LogP contribution in [0.5, 0.6) is 0 Å². The highest BCUT2D eigenvalue weighted by Gasteiger charge is 2.32. The van der Waals surface area contributed by atoms with Gasteiger partial charge in [0, 0.05) is 45.1 Å². The molecule has 0 aliphatic carbocycles. The van der Waals surface area contributed by atoms with Crippen molar-refractivity contribution in [1.82, 2.24) is 23.6 Å². The first-order valence-electron chi connectivity index (χ1n) is 7.50. The molecule has 3 rings (SSSR count). The lowest BCUT2D eigenvalue weighted by molar-refractivity contribution is -0.00616. The smallest absolute Gasteiger partial charge is 0.281 e. The summed E-state index contributed by atoms with van der Waals surface area (Å²) < 4.78 is 33.0. The molecule has 1 aliphatic heterocycles. The lowest BCUT2D eigenvalue weighted by Gasteiger charge is -2.33. The summed E-state index contributed by atoms with van der Waals surface area (Å²) in [6, 6.07) is 5.57. The monoisotopic (exact) mass is 349 g/mol. The minimum absolute atomic E-state index is 0.238. The van der Waals surface area contributed by atoms with E-state index in [0.29, 0.717) is 18.8 Å². The molecule has 2 aromatic heterocycles. The molecule has 0 amide bonds. The number of hydrogen-bond acceptors (Lipinski definition) is 6. The van der Waals surface area contributed by atoms with Crippen molar-refractivity contribution in [3.8, 4) is 11.3 Å². The van der Waals surface area contributed by atoms with E-state index in [1.54, 1.807) is 12.4 Å². The second-order valence-corrected chi connectivity index (χ2v) is 7.72. The third-order valence-corrected chi connectivity index (χ3v) is 5.68. The van der Waals surface area contributed by atoms with Crippen molar-refractivity contribution in [2.45, 2.75) is 6.10 Å². The Morgan fingerprint density at radius 1 is 1.25 bits per heavy atom. The van der Waals surface area contributed by atoms with E-state index in [1.165, 1.54) is 29.0 Å². The molecule has 9 heteroatoms. The average Bonchev–Trinajstić information content (AvgIpc) is 2.62. The van der Waals surface area contributed by atoms with Crippen molar-refractivity contribution in [2.75, 3.05) is 33.8 Å². The van der Waals surface area contributed by atoms with Crippen molar-refractivity contribution in [3.05, 3.63) is 42.6 Å². The number of aromatic nitrogens is 3. The molecule has 0 spiro atoms. The molecule has 128 valence electrons. The maximum absolute atomic E-state index is 12.3. The molecule has 1 atom stereocenters. The van der Waals surface area contributed by atoms with Crippen molar-refractivity contribution < 1.29 is 13.2 Å². The molecule has 3 heterocycles. The maximum atomic E-state index is 12.3. The summed E-state index contributed by atoms with van der Waals surface area (Å²) in [6.45, 7) is 0.906. The van der Waals surface area contributed by atoms with E-state index >= 15 is 0 Å². The van der Waals surface area contributed by atoms with Gasteiger partial charge >= 0.3 is 0 Å². The standard InChI is InChI=1S/C15H19N5O3S/c1-19(2)24(21,22)20-6-7-23-15(10-20)14-5-3-4-13(18-14)12-8-16-11-17-9-12/h3-5,8-9,11,15H,6-7,10H2,1-2H3. The highest BCUT2D eigenvalue weighted by molar-refractivity contribution is 7.86. The topological polar surface area (TPSA) is 88.5 Å². The van der Waals surface area contributed by atoms with Crippen LogP contribution < -0.4 is 0 Å². The Morgan fingerprint density at radius 2 is 2.00 bits per heavy atom. The van der Waals surface area contributed by atoms with Crippen LogP contribution in [-0.2, 0) is 14.9 Å². The predicted molar refractivity (Wildman–Crippen MR) is 88.1 cm³/mol. The molecular formula is C15H19N5O3S. The summed E-state index contributed by atoms with van der Waals surface area (Å²) in [7, 11) is -0.420. The zero-order chi connectivity index (χ0) is 17.2. The molecule has 1 aliphatic rings. The van der Waals surface area contributed by atoms with Gasteiger partial charge in [0.15, 0.2) is 0 Å². The fourth-order valence-corrected chi connectivity index (χ4v) is 3.56. The lowest BCUT2D eigenvalue weighted by atomic mass is 10.1. The molecular weight excluding hydrogens is 330 g/mol. The van der Waals surface area contributed by atoms with Crippen LogP contribution in [-0.4, -0.2) is 65.8 Å². The molecule has 1 unspecified atom stereocenters. The van der Waals surface area contributed by atoms with Crippen LogP contribution in [0.3, 0.4) is 0 Å². The first kappa shape index (κ1) is 16.9. The van der Waals surface area contributed by atoms with Gasteiger partial charge in [0.25, 0.3) is 10.2 Å². The second kappa shape index (κ2) is 6.89. The van der Waals surface area contributed by atoms with Crippen LogP contribution in [0.2, 0.25) is 0 Å². The van der Waals surface area contributed by atoms with E-state index in [0.717, 1.165) is 11.3 Å². The predicted octanol–water partition coefficient (Wildman–Crippen LogP) is 0.718. The first-order valence-corrected chi connectivity index (χ1v) is 8.90. The highest BCUT2D eigenvalue weighted by atomic mass is 32.2. The van der Waals surface area contributed by atoms with E-state index in [4.69, 9.17) is 4.74 Å². The van der Waals surface area contributed by atoms with Crippen molar-refractivity contribution in [2.24, 2.45) is 0 Å². The zero-order valence-electron chi connectivity index (χ0n) is 13.5.